The van der Waals surface area contributed by atoms with Crippen LogP contribution in [0.2, 0.25) is 0 Å². The summed E-state index contributed by atoms with van der Waals surface area (Å²) in [7, 11) is 0. The molecule has 1 aromatic heterocycles. The monoisotopic (exact) mass is 300 g/mol. The van der Waals surface area contributed by atoms with Crippen LogP contribution in [0.15, 0.2) is 54.7 Å². The molecule has 0 saturated carbocycles. The fourth-order valence-electron chi connectivity index (χ4n) is 1.90. The number of amides is 1. The van der Waals surface area contributed by atoms with Crippen LogP contribution < -0.4 is 5.32 Å². The summed E-state index contributed by atoms with van der Waals surface area (Å²) < 4.78 is 27.6. The quantitative estimate of drug-likeness (QED) is 0.809. The lowest BCUT2D eigenvalue weighted by Crippen LogP contribution is -2.12. The summed E-state index contributed by atoms with van der Waals surface area (Å²) >= 11 is 0. The number of aromatic nitrogens is 3. The highest BCUT2D eigenvalue weighted by Gasteiger charge is 2.12. The molecule has 0 atom stereocenters. The van der Waals surface area contributed by atoms with E-state index in [9.17, 15) is 13.6 Å². The Bertz CT molecular complexity index is 797. The highest BCUT2D eigenvalue weighted by Crippen LogP contribution is 2.14. The molecule has 0 unspecified atom stereocenters. The van der Waals surface area contributed by atoms with E-state index in [1.165, 1.54) is 10.9 Å². The first-order chi connectivity index (χ1) is 10.6. The molecule has 0 aliphatic rings. The Balaban J connectivity index is 1.80. The van der Waals surface area contributed by atoms with E-state index in [1.54, 1.807) is 12.1 Å². The normalized spacial score (nSPS) is 10.5. The summed E-state index contributed by atoms with van der Waals surface area (Å²) in [6, 6.07) is 11.9. The number of benzene rings is 2. The van der Waals surface area contributed by atoms with Crippen LogP contribution in [0.4, 0.5) is 14.5 Å². The number of nitrogens with zero attached hydrogens (tertiary/aromatic N) is 3. The van der Waals surface area contributed by atoms with Gasteiger partial charge in [-0.15, -0.1) is 5.10 Å². The third-order valence-corrected chi connectivity index (χ3v) is 2.87. The molecule has 22 heavy (non-hydrogen) atoms. The van der Waals surface area contributed by atoms with E-state index in [0.717, 1.165) is 23.9 Å². The Labute approximate surface area is 124 Å². The minimum Gasteiger partial charge on any atom is -0.320 e. The molecule has 0 saturated heterocycles. The van der Waals surface area contributed by atoms with Crippen LogP contribution in [-0.4, -0.2) is 20.9 Å². The van der Waals surface area contributed by atoms with Crippen molar-refractivity contribution < 1.29 is 13.6 Å². The van der Waals surface area contributed by atoms with Gasteiger partial charge in [0.25, 0.3) is 5.91 Å². The van der Waals surface area contributed by atoms with Crippen molar-refractivity contribution in [1.29, 1.82) is 0 Å². The first-order valence-electron chi connectivity index (χ1n) is 6.37. The maximum absolute atomic E-state index is 13.1. The van der Waals surface area contributed by atoms with E-state index in [-0.39, 0.29) is 11.4 Å². The molecule has 0 fully saturated rings. The number of rotatable bonds is 3. The Morgan fingerprint density at radius 2 is 1.73 bits per heavy atom. The van der Waals surface area contributed by atoms with Gasteiger partial charge >= 0.3 is 0 Å². The van der Waals surface area contributed by atoms with Crippen molar-refractivity contribution in [1.82, 2.24) is 15.0 Å². The van der Waals surface area contributed by atoms with Gasteiger partial charge in [-0.05, 0) is 24.3 Å². The minimum atomic E-state index is -0.775. The van der Waals surface area contributed by atoms with Crippen molar-refractivity contribution in [3.8, 4) is 5.69 Å². The van der Waals surface area contributed by atoms with E-state index in [0.29, 0.717) is 0 Å². The van der Waals surface area contributed by atoms with Crippen molar-refractivity contribution in [3.05, 3.63) is 72.1 Å². The molecule has 0 radical (unpaired) electrons. The lowest BCUT2D eigenvalue weighted by Gasteiger charge is -2.03. The number of nitrogens with one attached hydrogen (secondary N) is 1. The summed E-state index contributed by atoms with van der Waals surface area (Å²) in [5.41, 5.74) is 0.788. The number of hydrogen-bond acceptors (Lipinski definition) is 3. The van der Waals surface area contributed by atoms with Gasteiger partial charge in [-0.2, -0.15) is 0 Å². The number of carbonyl (C=O) groups is 1. The molecule has 0 spiro atoms. The predicted molar refractivity (Wildman–Crippen MR) is 75.7 cm³/mol. The molecule has 3 rings (SSSR count). The Kier molecular flexibility index (Phi) is 3.61. The van der Waals surface area contributed by atoms with Gasteiger partial charge in [0.05, 0.1) is 11.9 Å². The summed E-state index contributed by atoms with van der Waals surface area (Å²) in [5, 5.41) is 9.96. The number of carbonyl (C=O) groups excluding carboxylic acids is 1. The predicted octanol–water partition coefficient (Wildman–Crippen LogP) is 2.80. The highest BCUT2D eigenvalue weighted by molar-refractivity contribution is 6.02. The second-order valence-corrected chi connectivity index (χ2v) is 4.50. The van der Waals surface area contributed by atoms with Gasteiger partial charge < -0.3 is 5.32 Å². The van der Waals surface area contributed by atoms with E-state index >= 15 is 0 Å². The third-order valence-electron chi connectivity index (χ3n) is 2.87. The molecule has 0 aliphatic heterocycles. The lowest BCUT2D eigenvalue weighted by atomic mass is 10.3. The third kappa shape index (κ3) is 2.98. The van der Waals surface area contributed by atoms with Crippen molar-refractivity contribution in [2.75, 3.05) is 5.32 Å². The Morgan fingerprint density at radius 1 is 1.05 bits per heavy atom. The molecule has 1 N–H and O–H groups in total. The van der Waals surface area contributed by atoms with Crippen LogP contribution >= 0.6 is 0 Å². The zero-order chi connectivity index (χ0) is 15.5. The van der Waals surface area contributed by atoms with Crippen LogP contribution in [0.25, 0.3) is 5.69 Å². The van der Waals surface area contributed by atoms with Crippen LogP contribution in [-0.2, 0) is 0 Å². The topological polar surface area (TPSA) is 59.8 Å². The molecule has 1 heterocycles. The molecule has 3 aromatic rings. The summed E-state index contributed by atoms with van der Waals surface area (Å²) in [4.78, 5) is 12.0. The molecule has 110 valence electrons. The SMILES string of the molecule is O=C(Nc1cc(F)cc(F)c1)c1cn(-c2ccccc2)nn1. The number of halogens is 2. The van der Waals surface area contributed by atoms with Crippen molar-refractivity contribution in [2.24, 2.45) is 0 Å². The molecule has 2 aromatic carbocycles. The zero-order valence-corrected chi connectivity index (χ0v) is 11.2. The van der Waals surface area contributed by atoms with Crippen LogP contribution in [0, 0.1) is 11.6 Å². The number of anilines is 1. The second kappa shape index (κ2) is 5.72. The fraction of sp³-hybridized carbons (Fsp3) is 0. The maximum atomic E-state index is 13.1. The Hall–Kier alpha value is -3.09. The summed E-state index contributed by atoms with van der Waals surface area (Å²) in [6.45, 7) is 0. The maximum Gasteiger partial charge on any atom is 0.277 e. The highest BCUT2D eigenvalue weighted by atomic mass is 19.1. The van der Waals surface area contributed by atoms with E-state index < -0.39 is 17.5 Å². The van der Waals surface area contributed by atoms with Gasteiger partial charge in [-0.1, -0.05) is 23.4 Å². The summed E-state index contributed by atoms with van der Waals surface area (Å²) in [6.07, 6.45) is 1.43. The van der Waals surface area contributed by atoms with Gasteiger partial charge in [0.2, 0.25) is 0 Å². The van der Waals surface area contributed by atoms with E-state index in [1.807, 2.05) is 18.2 Å². The van der Waals surface area contributed by atoms with Crippen molar-refractivity contribution >= 4 is 11.6 Å². The van der Waals surface area contributed by atoms with Crippen LogP contribution in [0.1, 0.15) is 10.5 Å². The average Bonchev–Trinajstić information content (AvgIpc) is 2.97. The first kappa shape index (κ1) is 13.9. The smallest absolute Gasteiger partial charge is 0.277 e. The molecular weight excluding hydrogens is 290 g/mol. The van der Waals surface area contributed by atoms with Gasteiger partial charge in [-0.3, -0.25) is 4.79 Å². The molecular formula is C15H10F2N4O. The van der Waals surface area contributed by atoms with Crippen LogP contribution in [0.5, 0.6) is 0 Å². The molecule has 5 nitrogen and oxygen atoms in total. The summed E-state index contributed by atoms with van der Waals surface area (Å²) in [5.74, 6) is -2.15. The van der Waals surface area contributed by atoms with Crippen LogP contribution in [0.3, 0.4) is 0 Å². The van der Waals surface area contributed by atoms with Gasteiger partial charge in [0, 0.05) is 11.8 Å². The number of para-hydroxylation sites is 1. The minimum absolute atomic E-state index is 0.0109. The molecule has 0 aliphatic carbocycles. The van der Waals surface area contributed by atoms with E-state index in [2.05, 4.69) is 15.6 Å². The Morgan fingerprint density at radius 3 is 2.41 bits per heavy atom. The standard InChI is InChI=1S/C15H10F2N4O/c16-10-6-11(17)8-12(7-10)18-15(22)14-9-21(20-19-14)13-4-2-1-3-5-13/h1-9H,(H,18,22). The average molecular weight is 300 g/mol. The zero-order valence-electron chi connectivity index (χ0n) is 11.2. The van der Waals surface area contributed by atoms with Crippen molar-refractivity contribution in [3.63, 3.8) is 0 Å². The molecule has 7 heteroatoms. The first-order valence-corrected chi connectivity index (χ1v) is 6.37. The van der Waals surface area contributed by atoms with Gasteiger partial charge in [0.1, 0.15) is 11.6 Å². The molecule has 1 amide bonds. The van der Waals surface area contributed by atoms with Crippen molar-refractivity contribution in [2.45, 2.75) is 0 Å². The fourth-order valence-corrected chi connectivity index (χ4v) is 1.90. The second-order valence-electron chi connectivity index (χ2n) is 4.50. The van der Waals surface area contributed by atoms with Gasteiger partial charge in [-0.25, -0.2) is 13.5 Å². The largest absolute Gasteiger partial charge is 0.320 e. The van der Waals surface area contributed by atoms with E-state index in [4.69, 9.17) is 0 Å². The molecule has 0 bridgehead atoms. The number of hydrogen-bond donors (Lipinski definition) is 1. The van der Waals surface area contributed by atoms with Gasteiger partial charge in [0.15, 0.2) is 5.69 Å². The lowest BCUT2D eigenvalue weighted by molar-refractivity contribution is 0.102.